The summed E-state index contributed by atoms with van der Waals surface area (Å²) in [5.41, 5.74) is 2.10. The Morgan fingerprint density at radius 2 is 2.04 bits per heavy atom. The van der Waals surface area contributed by atoms with E-state index in [0.717, 1.165) is 43.1 Å². The fraction of sp³-hybridized carbons (Fsp3) is 0.429. The molecule has 1 aromatic carbocycles. The fourth-order valence-corrected chi connectivity index (χ4v) is 4.87. The van der Waals surface area contributed by atoms with E-state index >= 15 is 0 Å². The lowest BCUT2D eigenvalue weighted by atomic mass is 9.94. The second kappa shape index (κ2) is 7.80. The van der Waals surface area contributed by atoms with Gasteiger partial charge in [0.05, 0.1) is 5.56 Å². The van der Waals surface area contributed by atoms with E-state index in [4.69, 9.17) is 0 Å². The van der Waals surface area contributed by atoms with Gasteiger partial charge < -0.3 is 4.90 Å². The van der Waals surface area contributed by atoms with Crippen molar-refractivity contribution in [3.8, 4) is 0 Å². The summed E-state index contributed by atoms with van der Waals surface area (Å²) in [6.45, 7) is 3.83. The predicted molar refractivity (Wildman–Crippen MR) is 105 cm³/mol. The molecule has 136 valence electrons. The van der Waals surface area contributed by atoms with Crippen molar-refractivity contribution in [2.75, 3.05) is 25.9 Å². The van der Waals surface area contributed by atoms with E-state index in [2.05, 4.69) is 20.9 Å². The maximum Gasteiger partial charge on any atom is 0.255 e. The zero-order valence-electron chi connectivity index (χ0n) is 15.2. The highest BCUT2D eigenvalue weighted by Crippen LogP contribution is 2.31. The van der Waals surface area contributed by atoms with Crippen LogP contribution in [0.5, 0.6) is 0 Å². The zero-order valence-corrected chi connectivity index (χ0v) is 16.0. The lowest BCUT2D eigenvalue weighted by Crippen LogP contribution is -2.47. The van der Waals surface area contributed by atoms with E-state index in [1.54, 1.807) is 11.8 Å². The number of hydrogen-bond donors (Lipinski definition) is 0. The molecule has 4 heterocycles. The van der Waals surface area contributed by atoms with Gasteiger partial charge >= 0.3 is 0 Å². The molecule has 3 saturated heterocycles. The van der Waals surface area contributed by atoms with Crippen molar-refractivity contribution in [2.45, 2.75) is 30.3 Å². The number of amides is 1. The Morgan fingerprint density at radius 3 is 2.85 bits per heavy atom. The van der Waals surface area contributed by atoms with Gasteiger partial charge in [-0.05, 0) is 48.8 Å². The maximum absolute atomic E-state index is 13.3. The van der Waals surface area contributed by atoms with Crippen molar-refractivity contribution in [1.82, 2.24) is 14.8 Å². The quantitative estimate of drug-likeness (QED) is 0.775. The van der Waals surface area contributed by atoms with Crippen LogP contribution >= 0.6 is 11.8 Å². The van der Waals surface area contributed by atoms with Crippen LogP contribution in [0.2, 0.25) is 0 Å². The van der Waals surface area contributed by atoms with E-state index < -0.39 is 0 Å². The number of benzene rings is 1. The van der Waals surface area contributed by atoms with Crippen molar-refractivity contribution in [1.29, 1.82) is 0 Å². The highest BCUT2D eigenvalue weighted by atomic mass is 32.2. The van der Waals surface area contributed by atoms with Gasteiger partial charge in [0.15, 0.2) is 0 Å². The van der Waals surface area contributed by atoms with E-state index in [0.29, 0.717) is 12.0 Å². The number of piperidine rings is 1. The zero-order chi connectivity index (χ0) is 17.9. The number of carbonyl (C=O) groups is 1. The monoisotopic (exact) mass is 367 g/mol. The molecule has 2 atom stereocenters. The van der Waals surface area contributed by atoms with Crippen LogP contribution in [-0.4, -0.2) is 52.6 Å². The molecule has 0 radical (unpaired) electrons. The van der Waals surface area contributed by atoms with Crippen LogP contribution in [0.4, 0.5) is 0 Å². The molecule has 0 saturated carbocycles. The van der Waals surface area contributed by atoms with Crippen LogP contribution in [0.15, 0.2) is 53.7 Å². The second-order valence-electron chi connectivity index (χ2n) is 7.31. The highest BCUT2D eigenvalue weighted by molar-refractivity contribution is 7.98. The molecule has 0 spiro atoms. The molecule has 3 aliphatic heterocycles. The summed E-state index contributed by atoms with van der Waals surface area (Å²) in [5.74, 6) is 0.767. The molecule has 0 aliphatic carbocycles. The fourth-order valence-electron chi connectivity index (χ4n) is 4.28. The van der Waals surface area contributed by atoms with Crippen LogP contribution in [0.3, 0.4) is 0 Å². The van der Waals surface area contributed by atoms with Gasteiger partial charge in [0, 0.05) is 49.5 Å². The van der Waals surface area contributed by atoms with Crippen LogP contribution in [0.1, 0.15) is 28.8 Å². The lowest BCUT2D eigenvalue weighted by molar-refractivity contribution is 0.0581. The molecule has 1 aromatic heterocycles. The van der Waals surface area contributed by atoms with E-state index in [9.17, 15) is 4.79 Å². The summed E-state index contributed by atoms with van der Waals surface area (Å²) in [7, 11) is 0. The average Bonchev–Trinajstić information content (AvgIpc) is 2.98. The summed E-state index contributed by atoms with van der Waals surface area (Å²) >= 11 is 1.65. The van der Waals surface area contributed by atoms with E-state index in [1.165, 1.54) is 12.0 Å². The van der Waals surface area contributed by atoms with Crippen LogP contribution in [0, 0.1) is 5.92 Å². The third-order valence-electron chi connectivity index (χ3n) is 5.52. The number of aromatic nitrogens is 1. The molecule has 0 unspecified atom stereocenters. The minimum Gasteiger partial charge on any atom is -0.334 e. The Hall–Kier alpha value is -1.85. The molecule has 0 N–H and O–H groups in total. The second-order valence-corrected chi connectivity index (χ2v) is 8.16. The summed E-state index contributed by atoms with van der Waals surface area (Å²) in [6, 6.07) is 12.4. The number of carbonyl (C=O) groups excluding carboxylic acids is 1. The average molecular weight is 368 g/mol. The van der Waals surface area contributed by atoms with E-state index in [-0.39, 0.29) is 5.91 Å². The first kappa shape index (κ1) is 17.6. The molecule has 26 heavy (non-hydrogen) atoms. The minimum atomic E-state index is 0.202. The van der Waals surface area contributed by atoms with Crippen LogP contribution in [-0.2, 0) is 6.54 Å². The van der Waals surface area contributed by atoms with Gasteiger partial charge in [-0.15, -0.1) is 11.8 Å². The summed E-state index contributed by atoms with van der Waals surface area (Å²) in [4.78, 5) is 23.2. The largest absolute Gasteiger partial charge is 0.334 e. The third kappa shape index (κ3) is 3.64. The standard InChI is InChI=1S/C21H25N3OS/c1-26-20-7-3-2-6-19(20)21(25)24-14-17-8-9-18(24)15-23(13-17)12-16-5-4-10-22-11-16/h2-7,10-11,17-18H,8-9,12-15H2,1H3/t17-,18+/m0/s1. The number of pyridine rings is 1. The Kier molecular flexibility index (Phi) is 5.27. The Balaban J connectivity index is 1.52. The smallest absolute Gasteiger partial charge is 0.255 e. The van der Waals surface area contributed by atoms with Crippen molar-refractivity contribution >= 4 is 17.7 Å². The Morgan fingerprint density at radius 1 is 1.15 bits per heavy atom. The predicted octanol–water partition coefficient (Wildman–Crippen LogP) is 3.54. The molecule has 5 heteroatoms. The van der Waals surface area contributed by atoms with Crippen molar-refractivity contribution in [3.05, 3.63) is 59.9 Å². The molecular weight excluding hydrogens is 342 g/mol. The Bertz CT molecular complexity index is 767. The number of fused-ring (bicyclic) bond motifs is 4. The van der Waals surface area contributed by atoms with Gasteiger partial charge in [0.1, 0.15) is 0 Å². The first-order chi connectivity index (χ1) is 12.7. The molecule has 5 rings (SSSR count). The summed E-state index contributed by atoms with van der Waals surface area (Å²) in [6.07, 6.45) is 8.14. The normalized spacial score (nSPS) is 23.0. The number of thioether (sulfide) groups is 1. The minimum absolute atomic E-state index is 0.202. The Labute approximate surface area is 159 Å². The van der Waals surface area contributed by atoms with Crippen LogP contribution < -0.4 is 0 Å². The molecule has 4 nitrogen and oxygen atoms in total. The molecule has 2 aromatic rings. The van der Waals surface area contributed by atoms with Crippen LogP contribution in [0.25, 0.3) is 0 Å². The highest BCUT2D eigenvalue weighted by Gasteiger charge is 2.37. The number of hydrogen-bond acceptors (Lipinski definition) is 4. The number of rotatable bonds is 4. The summed E-state index contributed by atoms with van der Waals surface area (Å²) in [5, 5.41) is 0. The van der Waals surface area contributed by atoms with Gasteiger partial charge in [-0.2, -0.15) is 0 Å². The topological polar surface area (TPSA) is 36.4 Å². The number of nitrogens with zero attached hydrogens (tertiary/aromatic N) is 3. The van der Waals surface area contributed by atoms with Gasteiger partial charge in [-0.1, -0.05) is 18.2 Å². The molecule has 1 amide bonds. The molecular formula is C21H25N3OS. The van der Waals surface area contributed by atoms with E-state index in [1.807, 2.05) is 49.0 Å². The van der Waals surface area contributed by atoms with Crippen molar-refractivity contribution in [2.24, 2.45) is 5.92 Å². The van der Waals surface area contributed by atoms with Gasteiger partial charge in [0.25, 0.3) is 5.91 Å². The van der Waals surface area contributed by atoms with Gasteiger partial charge in [0.2, 0.25) is 0 Å². The summed E-state index contributed by atoms with van der Waals surface area (Å²) < 4.78 is 0. The SMILES string of the molecule is CSc1ccccc1C(=O)N1C[C@H]2CC[C@@H]1CN(Cc1cccnc1)C2. The van der Waals surface area contributed by atoms with Crippen molar-refractivity contribution < 1.29 is 4.79 Å². The third-order valence-corrected chi connectivity index (χ3v) is 6.31. The molecule has 2 bridgehead atoms. The first-order valence-electron chi connectivity index (χ1n) is 9.30. The van der Waals surface area contributed by atoms with Crippen molar-refractivity contribution in [3.63, 3.8) is 0 Å². The van der Waals surface area contributed by atoms with Gasteiger partial charge in [-0.25, -0.2) is 0 Å². The lowest BCUT2D eigenvalue weighted by Gasteiger charge is -2.36. The van der Waals surface area contributed by atoms with Gasteiger partial charge in [-0.3, -0.25) is 14.7 Å². The maximum atomic E-state index is 13.3. The molecule has 3 aliphatic rings. The molecule has 3 fully saturated rings. The first-order valence-corrected chi connectivity index (χ1v) is 10.5.